The molecule has 0 atom stereocenters. The summed E-state index contributed by atoms with van der Waals surface area (Å²) in [6.45, 7) is 0.144. The monoisotopic (exact) mass is 323 g/mol. The SMILES string of the molecule is N#CCC(=O)Nc1cccc(NC(=O)c2ccc3c(c2)OCO3)c1. The first kappa shape index (κ1) is 15.4. The number of rotatable bonds is 4. The summed E-state index contributed by atoms with van der Waals surface area (Å²) >= 11 is 0. The van der Waals surface area contributed by atoms with Crippen molar-refractivity contribution >= 4 is 23.2 Å². The van der Waals surface area contributed by atoms with Crippen LogP contribution < -0.4 is 20.1 Å². The normalized spacial score (nSPS) is 11.5. The van der Waals surface area contributed by atoms with Crippen LogP contribution in [0.5, 0.6) is 11.5 Å². The topological polar surface area (TPSA) is 100 Å². The van der Waals surface area contributed by atoms with E-state index in [4.69, 9.17) is 14.7 Å². The third kappa shape index (κ3) is 3.44. The average Bonchev–Trinajstić information content (AvgIpc) is 3.03. The highest BCUT2D eigenvalue weighted by molar-refractivity contribution is 6.05. The summed E-state index contributed by atoms with van der Waals surface area (Å²) in [6, 6.07) is 13.4. The van der Waals surface area contributed by atoms with E-state index in [2.05, 4.69) is 10.6 Å². The largest absolute Gasteiger partial charge is 0.454 e. The van der Waals surface area contributed by atoms with E-state index < -0.39 is 5.91 Å². The number of ether oxygens (including phenoxy) is 2. The summed E-state index contributed by atoms with van der Waals surface area (Å²) in [5.74, 6) is 0.416. The van der Waals surface area contributed by atoms with Gasteiger partial charge in [-0.25, -0.2) is 0 Å². The molecule has 24 heavy (non-hydrogen) atoms. The van der Waals surface area contributed by atoms with Gasteiger partial charge in [-0.2, -0.15) is 5.26 Å². The Hall–Kier alpha value is -3.53. The molecule has 1 heterocycles. The summed E-state index contributed by atoms with van der Waals surface area (Å²) in [5, 5.41) is 13.8. The van der Waals surface area contributed by atoms with Crippen LogP contribution in [-0.2, 0) is 4.79 Å². The van der Waals surface area contributed by atoms with Crippen molar-refractivity contribution in [1.29, 1.82) is 5.26 Å². The Morgan fingerprint density at radius 2 is 1.79 bits per heavy atom. The lowest BCUT2D eigenvalue weighted by Gasteiger charge is -2.08. The quantitative estimate of drug-likeness (QED) is 0.900. The van der Waals surface area contributed by atoms with E-state index in [1.54, 1.807) is 48.5 Å². The first-order valence-corrected chi connectivity index (χ1v) is 7.13. The molecule has 7 heteroatoms. The fourth-order valence-electron chi connectivity index (χ4n) is 2.19. The fraction of sp³-hybridized carbons (Fsp3) is 0.118. The van der Waals surface area contributed by atoms with Crippen molar-refractivity contribution in [3.05, 3.63) is 48.0 Å². The molecule has 2 aromatic carbocycles. The van der Waals surface area contributed by atoms with Gasteiger partial charge in [0.15, 0.2) is 11.5 Å². The van der Waals surface area contributed by atoms with Crippen LogP contribution in [0.15, 0.2) is 42.5 Å². The molecule has 3 rings (SSSR count). The zero-order valence-corrected chi connectivity index (χ0v) is 12.5. The molecule has 0 fully saturated rings. The smallest absolute Gasteiger partial charge is 0.255 e. The van der Waals surface area contributed by atoms with E-state index in [-0.39, 0.29) is 19.1 Å². The summed E-state index contributed by atoms with van der Waals surface area (Å²) in [5.41, 5.74) is 1.45. The molecule has 2 N–H and O–H groups in total. The maximum Gasteiger partial charge on any atom is 0.255 e. The lowest BCUT2D eigenvalue weighted by Crippen LogP contribution is -2.13. The van der Waals surface area contributed by atoms with Gasteiger partial charge in [0, 0.05) is 16.9 Å². The second-order valence-corrected chi connectivity index (χ2v) is 4.99. The second kappa shape index (κ2) is 6.71. The summed E-state index contributed by atoms with van der Waals surface area (Å²) in [7, 11) is 0. The van der Waals surface area contributed by atoms with Crippen molar-refractivity contribution in [2.75, 3.05) is 17.4 Å². The molecule has 0 unspecified atom stereocenters. The van der Waals surface area contributed by atoms with Gasteiger partial charge in [-0.3, -0.25) is 9.59 Å². The van der Waals surface area contributed by atoms with Crippen LogP contribution in [-0.4, -0.2) is 18.6 Å². The molecule has 0 aromatic heterocycles. The van der Waals surface area contributed by atoms with E-state index in [0.717, 1.165) is 0 Å². The molecule has 0 radical (unpaired) electrons. The molecule has 0 aliphatic carbocycles. The number of fused-ring (bicyclic) bond motifs is 1. The summed E-state index contributed by atoms with van der Waals surface area (Å²) < 4.78 is 10.5. The first-order valence-electron chi connectivity index (χ1n) is 7.13. The molecular weight excluding hydrogens is 310 g/mol. The van der Waals surface area contributed by atoms with Crippen molar-refractivity contribution in [1.82, 2.24) is 0 Å². The van der Waals surface area contributed by atoms with Gasteiger partial charge in [-0.15, -0.1) is 0 Å². The highest BCUT2D eigenvalue weighted by atomic mass is 16.7. The standard InChI is InChI=1S/C17H13N3O4/c18-7-6-16(21)19-12-2-1-3-13(9-12)20-17(22)11-4-5-14-15(8-11)24-10-23-14/h1-5,8-9H,6,10H2,(H,19,21)(H,20,22). The number of nitrogens with one attached hydrogen (secondary N) is 2. The Morgan fingerprint density at radius 1 is 1.04 bits per heavy atom. The van der Waals surface area contributed by atoms with Crippen molar-refractivity contribution in [2.45, 2.75) is 6.42 Å². The molecule has 0 spiro atoms. The van der Waals surface area contributed by atoms with Gasteiger partial charge in [0.25, 0.3) is 5.91 Å². The number of amides is 2. The van der Waals surface area contributed by atoms with Gasteiger partial charge >= 0.3 is 0 Å². The highest BCUT2D eigenvalue weighted by Gasteiger charge is 2.16. The Bertz CT molecular complexity index is 842. The van der Waals surface area contributed by atoms with Crippen molar-refractivity contribution < 1.29 is 19.1 Å². The maximum atomic E-state index is 12.3. The van der Waals surface area contributed by atoms with Crippen LogP contribution in [0.25, 0.3) is 0 Å². The Labute approximate surface area is 137 Å². The molecule has 7 nitrogen and oxygen atoms in total. The number of carbonyl (C=O) groups is 2. The van der Waals surface area contributed by atoms with Crippen molar-refractivity contribution in [3.63, 3.8) is 0 Å². The predicted molar refractivity (Wildman–Crippen MR) is 85.8 cm³/mol. The van der Waals surface area contributed by atoms with E-state index in [0.29, 0.717) is 28.4 Å². The lowest BCUT2D eigenvalue weighted by atomic mass is 10.2. The summed E-state index contributed by atoms with van der Waals surface area (Å²) in [4.78, 5) is 23.7. The van der Waals surface area contributed by atoms with E-state index in [1.165, 1.54) is 0 Å². The zero-order chi connectivity index (χ0) is 16.9. The molecular formula is C17H13N3O4. The first-order chi connectivity index (χ1) is 11.7. The predicted octanol–water partition coefficient (Wildman–Crippen LogP) is 2.52. The molecule has 0 saturated carbocycles. The number of nitriles is 1. The van der Waals surface area contributed by atoms with E-state index in [9.17, 15) is 9.59 Å². The van der Waals surface area contributed by atoms with Crippen molar-refractivity contribution in [2.24, 2.45) is 0 Å². The van der Waals surface area contributed by atoms with Gasteiger partial charge in [0.1, 0.15) is 6.42 Å². The van der Waals surface area contributed by atoms with Crippen LogP contribution in [0.3, 0.4) is 0 Å². The molecule has 2 aromatic rings. The number of carbonyl (C=O) groups excluding carboxylic acids is 2. The van der Waals surface area contributed by atoms with E-state index in [1.807, 2.05) is 0 Å². The molecule has 1 aliphatic heterocycles. The van der Waals surface area contributed by atoms with Crippen molar-refractivity contribution in [3.8, 4) is 17.6 Å². The minimum atomic E-state index is -0.406. The van der Waals surface area contributed by atoms with Crippen LogP contribution >= 0.6 is 0 Å². The molecule has 120 valence electrons. The van der Waals surface area contributed by atoms with Crippen LogP contribution in [0.4, 0.5) is 11.4 Å². The lowest BCUT2D eigenvalue weighted by molar-refractivity contribution is -0.115. The van der Waals surface area contributed by atoms with Crippen LogP contribution in [0.2, 0.25) is 0 Å². The molecule has 0 bridgehead atoms. The number of benzene rings is 2. The van der Waals surface area contributed by atoms with Gasteiger partial charge in [-0.05, 0) is 36.4 Å². The second-order valence-electron chi connectivity index (χ2n) is 4.99. The Morgan fingerprint density at radius 3 is 2.58 bits per heavy atom. The van der Waals surface area contributed by atoms with Gasteiger partial charge in [0.05, 0.1) is 6.07 Å². The van der Waals surface area contributed by atoms with Crippen LogP contribution in [0, 0.1) is 11.3 Å². The number of hydrogen-bond donors (Lipinski definition) is 2. The van der Waals surface area contributed by atoms with Crippen LogP contribution in [0.1, 0.15) is 16.8 Å². The third-order valence-corrected chi connectivity index (χ3v) is 3.28. The minimum Gasteiger partial charge on any atom is -0.454 e. The van der Waals surface area contributed by atoms with Gasteiger partial charge < -0.3 is 20.1 Å². The number of hydrogen-bond acceptors (Lipinski definition) is 5. The molecule has 2 amide bonds. The number of anilines is 2. The Kier molecular flexibility index (Phi) is 4.29. The molecule has 1 aliphatic rings. The maximum absolute atomic E-state index is 12.3. The number of nitrogens with zero attached hydrogens (tertiary/aromatic N) is 1. The highest BCUT2D eigenvalue weighted by Crippen LogP contribution is 2.32. The fourth-order valence-corrected chi connectivity index (χ4v) is 2.19. The molecule has 0 saturated heterocycles. The third-order valence-electron chi connectivity index (χ3n) is 3.28. The summed E-state index contributed by atoms with van der Waals surface area (Å²) in [6.07, 6.45) is -0.228. The minimum absolute atomic E-state index is 0.144. The zero-order valence-electron chi connectivity index (χ0n) is 12.5. The van der Waals surface area contributed by atoms with E-state index >= 15 is 0 Å². The average molecular weight is 323 g/mol. The Balaban J connectivity index is 1.70. The van der Waals surface area contributed by atoms with Gasteiger partial charge in [-0.1, -0.05) is 6.07 Å². The van der Waals surface area contributed by atoms with Gasteiger partial charge in [0.2, 0.25) is 12.7 Å².